The van der Waals surface area contributed by atoms with Crippen molar-refractivity contribution in [3.05, 3.63) is 10.2 Å². The molecular formula is C6H9IO. The molecule has 0 bridgehead atoms. The Balaban J connectivity index is 3.18. The summed E-state index contributed by atoms with van der Waals surface area (Å²) in [6, 6.07) is 0. The van der Waals surface area contributed by atoms with Crippen molar-refractivity contribution >= 4 is 28.4 Å². The molecule has 0 N–H and O–H groups in total. The predicted octanol–water partition coefficient (Wildman–Crippen LogP) is 2.30. The molecule has 0 spiro atoms. The molecule has 0 rings (SSSR count). The summed E-state index contributed by atoms with van der Waals surface area (Å²) in [5.41, 5.74) is 0. The zero-order chi connectivity index (χ0) is 6.57. The van der Waals surface area contributed by atoms with E-state index in [-0.39, 0.29) is 5.78 Å². The summed E-state index contributed by atoms with van der Waals surface area (Å²) in [6.45, 7) is 5.26. The SMILES string of the molecule is C=C(I)CCC(C)=O. The highest BCUT2D eigenvalue weighted by Gasteiger charge is 1.92. The van der Waals surface area contributed by atoms with Crippen molar-refractivity contribution in [1.29, 1.82) is 0 Å². The van der Waals surface area contributed by atoms with E-state index in [2.05, 4.69) is 29.2 Å². The smallest absolute Gasteiger partial charge is 0.130 e. The lowest BCUT2D eigenvalue weighted by Gasteiger charge is -1.90. The molecule has 0 aromatic heterocycles. The fourth-order valence-electron chi connectivity index (χ4n) is 0.312. The first-order valence-electron chi connectivity index (χ1n) is 2.45. The van der Waals surface area contributed by atoms with Gasteiger partial charge in [-0.15, -0.1) is 0 Å². The molecule has 0 aromatic rings. The van der Waals surface area contributed by atoms with Gasteiger partial charge in [0.05, 0.1) is 0 Å². The van der Waals surface area contributed by atoms with Gasteiger partial charge >= 0.3 is 0 Å². The average molecular weight is 224 g/mol. The van der Waals surface area contributed by atoms with Gasteiger partial charge in [0, 0.05) is 6.42 Å². The van der Waals surface area contributed by atoms with Crippen LogP contribution in [-0.2, 0) is 4.79 Å². The summed E-state index contributed by atoms with van der Waals surface area (Å²) >= 11 is 2.13. The zero-order valence-corrected chi connectivity index (χ0v) is 7.07. The lowest BCUT2D eigenvalue weighted by Crippen LogP contribution is -1.87. The Morgan fingerprint density at radius 3 is 2.25 bits per heavy atom. The molecule has 0 amide bonds. The monoisotopic (exact) mass is 224 g/mol. The van der Waals surface area contributed by atoms with Crippen molar-refractivity contribution in [2.45, 2.75) is 19.8 Å². The molecule has 0 saturated carbocycles. The van der Waals surface area contributed by atoms with Gasteiger partial charge in [0.1, 0.15) is 5.78 Å². The van der Waals surface area contributed by atoms with Crippen LogP contribution >= 0.6 is 22.6 Å². The first-order valence-corrected chi connectivity index (χ1v) is 3.53. The second-order valence-electron chi connectivity index (χ2n) is 1.72. The summed E-state index contributed by atoms with van der Waals surface area (Å²) in [7, 11) is 0. The third kappa shape index (κ3) is 6.14. The minimum Gasteiger partial charge on any atom is -0.300 e. The highest BCUT2D eigenvalue weighted by Crippen LogP contribution is 2.09. The van der Waals surface area contributed by atoms with E-state index in [4.69, 9.17) is 0 Å². The minimum absolute atomic E-state index is 0.239. The van der Waals surface area contributed by atoms with Gasteiger partial charge in [-0.25, -0.2) is 0 Å². The number of rotatable bonds is 3. The van der Waals surface area contributed by atoms with E-state index in [1.165, 1.54) is 0 Å². The number of halogens is 1. The number of Topliss-reactive ketones (excluding diaryl/α,β-unsaturated/α-hetero) is 1. The van der Waals surface area contributed by atoms with Crippen molar-refractivity contribution in [3.63, 3.8) is 0 Å². The Kier molecular flexibility index (Phi) is 4.13. The largest absolute Gasteiger partial charge is 0.300 e. The van der Waals surface area contributed by atoms with Crippen LogP contribution in [0.15, 0.2) is 10.2 Å². The summed E-state index contributed by atoms with van der Waals surface area (Å²) in [5, 5.41) is 0. The van der Waals surface area contributed by atoms with Gasteiger partial charge in [-0.2, -0.15) is 0 Å². The topological polar surface area (TPSA) is 17.1 Å². The van der Waals surface area contributed by atoms with Crippen LogP contribution in [0.1, 0.15) is 19.8 Å². The first kappa shape index (κ1) is 8.14. The van der Waals surface area contributed by atoms with E-state index < -0.39 is 0 Å². The molecular weight excluding hydrogens is 215 g/mol. The van der Waals surface area contributed by atoms with Gasteiger partial charge < -0.3 is 4.79 Å². The lowest BCUT2D eigenvalue weighted by molar-refractivity contribution is -0.116. The Morgan fingerprint density at radius 1 is 1.62 bits per heavy atom. The van der Waals surface area contributed by atoms with Gasteiger partial charge in [-0.1, -0.05) is 6.58 Å². The Hall–Kier alpha value is 0.140. The normalized spacial score (nSPS) is 8.75. The van der Waals surface area contributed by atoms with E-state index in [1.54, 1.807) is 6.92 Å². The standard InChI is InChI=1S/C6H9IO/c1-5(7)3-4-6(2)8/h1,3-4H2,2H3. The number of hydrogen-bond donors (Lipinski definition) is 0. The maximum atomic E-state index is 10.3. The van der Waals surface area contributed by atoms with Crippen LogP contribution in [-0.4, -0.2) is 5.78 Å². The summed E-state index contributed by atoms with van der Waals surface area (Å²) in [4.78, 5) is 10.3. The van der Waals surface area contributed by atoms with Crippen molar-refractivity contribution in [1.82, 2.24) is 0 Å². The van der Waals surface area contributed by atoms with Crippen LogP contribution in [0.2, 0.25) is 0 Å². The van der Waals surface area contributed by atoms with Crippen LogP contribution in [0.3, 0.4) is 0 Å². The fourth-order valence-corrected chi connectivity index (χ4v) is 0.581. The molecule has 0 fully saturated rings. The van der Waals surface area contributed by atoms with Gasteiger partial charge in [-0.05, 0) is 39.5 Å². The molecule has 2 heteroatoms. The van der Waals surface area contributed by atoms with Gasteiger partial charge in [0.2, 0.25) is 0 Å². The molecule has 0 aliphatic heterocycles. The number of carbonyl (C=O) groups excluding carboxylic acids is 1. The van der Waals surface area contributed by atoms with E-state index >= 15 is 0 Å². The number of carbonyl (C=O) groups is 1. The molecule has 0 aliphatic carbocycles. The van der Waals surface area contributed by atoms with Crippen LogP contribution in [0.5, 0.6) is 0 Å². The van der Waals surface area contributed by atoms with Crippen molar-refractivity contribution in [2.24, 2.45) is 0 Å². The quantitative estimate of drug-likeness (QED) is 0.672. The van der Waals surface area contributed by atoms with Crippen molar-refractivity contribution in [2.75, 3.05) is 0 Å². The predicted molar refractivity (Wildman–Crippen MR) is 43.1 cm³/mol. The minimum atomic E-state index is 0.239. The van der Waals surface area contributed by atoms with Crippen LogP contribution in [0.4, 0.5) is 0 Å². The van der Waals surface area contributed by atoms with Crippen LogP contribution in [0.25, 0.3) is 0 Å². The van der Waals surface area contributed by atoms with Gasteiger partial charge in [0.25, 0.3) is 0 Å². The Bertz CT molecular complexity index is 93.1. The molecule has 0 radical (unpaired) electrons. The van der Waals surface area contributed by atoms with E-state index in [0.717, 1.165) is 10.0 Å². The van der Waals surface area contributed by atoms with Crippen LogP contribution in [0, 0.1) is 0 Å². The maximum absolute atomic E-state index is 10.3. The molecule has 0 heterocycles. The van der Waals surface area contributed by atoms with E-state index in [0.29, 0.717) is 6.42 Å². The molecule has 0 aliphatic rings. The molecule has 0 saturated heterocycles. The first-order chi connectivity index (χ1) is 3.63. The fraction of sp³-hybridized carbons (Fsp3) is 0.500. The molecule has 0 atom stereocenters. The van der Waals surface area contributed by atoms with Gasteiger partial charge in [0.15, 0.2) is 0 Å². The van der Waals surface area contributed by atoms with E-state index in [1.807, 2.05) is 0 Å². The molecule has 0 unspecified atom stereocenters. The number of allylic oxidation sites excluding steroid dienone is 1. The van der Waals surface area contributed by atoms with Crippen molar-refractivity contribution < 1.29 is 4.79 Å². The van der Waals surface area contributed by atoms with Crippen molar-refractivity contribution in [3.8, 4) is 0 Å². The van der Waals surface area contributed by atoms with E-state index in [9.17, 15) is 4.79 Å². The third-order valence-electron chi connectivity index (χ3n) is 0.748. The molecule has 8 heavy (non-hydrogen) atoms. The van der Waals surface area contributed by atoms with Crippen LogP contribution < -0.4 is 0 Å². The molecule has 46 valence electrons. The second-order valence-corrected chi connectivity index (χ2v) is 3.24. The number of hydrogen-bond acceptors (Lipinski definition) is 1. The number of ketones is 1. The maximum Gasteiger partial charge on any atom is 0.130 e. The third-order valence-corrected chi connectivity index (χ3v) is 1.29. The molecule has 1 nitrogen and oxygen atoms in total. The average Bonchev–Trinajstić information content (AvgIpc) is 1.61. The lowest BCUT2D eigenvalue weighted by atomic mass is 10.2. The second kappa shape index (κ2) is 4.06. The highest BCUT2D eigenvalue weighted by molar-refractivity contribution is 14.1. The molecule has 0 aromatic carbocycles. The Morgan fingerprint density at radius 2 is 2.12 bits per heavy atom. The summed E-state index contributed by atoms with van der Waals surface area (Å²) in [6.07, 6.45) is 1.47. The summed E-state index contributed by atoms with van der Waals surface area (Å²) in [5.74, 6) is 0.239. The zero-order valence-electron chi connectivity index (χ0n) is 4.91. The summed E-state index contributed by atoms with van der Waals surface area (Å²) < 4.78 is 1.05. The Labute approximate surface area is 63.3 Å². The van der Waals surface area contributed by atoms with Gasteiger partial charge in [-0.3, -0.25) is 0 Å². The highest BCUT2D eigenvalue weighted by atomic mass is 127.